The number of likely N-dealkylation sites (N-methyl/N-ethyl adjacent to an activating group) is 1. The van der Waals surface area contributed by atoms with Gasteiger partial charge in [-0.1, -0.05) is 24.3 Å². The van der Waals surface area contributed by atoms with Crippen molar-refractivity contribution < 1.29 is 14.3 Å². The van der Waals surface area contributed by atoms with Gasteiger partial charge in [0.15, 0.2) is 0 Å². The maximum atomic E-state index is 12.6. The number of likely N-dealkylation sites (tertiary alicyclic amines) is 1. The zero-order valence-electron chi connectivity index (χ0n) is 21.6. The summed E-state index contributed by atoms with van der Waals surface area (Å²) in [5.41, 5.74) is 2.36. The van der Waals surface area contributed by atoms with Crippen molar-refractivity contribution in [2.45, 2.75) is 37.9 Å². The molecule has 3 saturated heterocycles. The lowest BCUT2D eigenvalue weighted by molar-refractivity contribution is -0.142. The van der Waals surface area contributed by atoms with Gasteiger partial charge in [0.05, 0.1) is 0 Å². The quantitative estimate of drug-likeness (QED) is 0.523. The van der Waals surface area contributed by atoms with E-state index in [0.29, 0.717) is 6.61 Å². The molecule has 0 bridgehead atoms. The summed E-state index contributed by atoms with van der Waals surface area (Å²) < 4.78 is 11.8. The fourth-order valence-corrected chi connectivity index (χ4v) is 5.70. The Labute approximate surface area is 219 Å². The number of amides is 1. The number of fused-ring (bicyclic) bond motifs is 1. The lowest BCUT2D eigenvalue weighted by atomic mass is 10.0. The van der Waals surface area contributed by atoms with Crippen molar-refractivity contribution in [2.24, 2.45) is 0 Å². The normalized spacial score (nSPS) is 21.5. The minimum absolute atomic E-state index is 0.139. The molecule has 2 aromatic carbocycles. The lowest BCUT2D eigenvalue weighted by Crippen LogP contribution is -2.45. The molecule has 194 valence electrons. The molecule has 1 atom stereocenters. The lowest BCUT2D eigenvalue weighted by Gasteiger charge is -2.33. The first-order valence-electron chi connectivity index (χ1n) is 13.6. The Balaban J connectivity index is 1.09. The van der Waals surface area contributed by atoms with Gasteiger partial charge in [-0.2, -0.15) is 0 Å². The molecule has 3 fully saturated rings. The maximum absolute atomic E-state index is 12.6. The molecule has 6 rings (SSSR count). The van der Waals surface area contributed by atoms with E-state index in [2.05, 4.69) is 65.4 Å². The fourth-order valence-electron chi connectivity index (χ4n) is 5.70. The van der Waals surface area contributed by atoms with Crippen LogP contribution in [0.4, 0.5) is 5.82 Å². The first kappa shape index (κ1) is 24.2. The minimum Gasteiger partial charge on any atom is -0.490 e. The molecule has 7 heteroatoms. The van der Waals surface area contributed by atoms with Crippen LogP contribution in [0.3, 0.4) is 0 Å². The number of carbonyl (C=O) groups excluding carboxylic acids is 1. The summed E-state index contributed by atoms with van der Waals surface area (Å²) in [6.45, 7) is 6.34. The Morgan fingerprint density at radius 2 is 1.68 bits per heavy atom. The standard InChI is InChI=1S/C30H36N4O3/c1-32-16-18-33(19-17-32)29-27-9-6-23(21-24(27)10-13-31-29)22-4-7-25(8-5-22)37-26-11-14-34(15-12-26)30(35)28-3-2-20-36-28/h4-10,13,21,26,28H,2-3,11-12,14-20H2,1H3/t28-/m1/s1. The van der Waals surface area contributed by atoms with E-state index in [1.807, 2.05) is 11.1 Å². The third-order valence-electron chi connectivity index (χ3n) is 8.00. The third-order valence-corrected chi connectivity index (χ3v) is 8.00. The van der Waals surface area contributed by atoms with Crippen LogP contribution < -0.4 is 9.64 Å². The average molecular weight is 501 g/mol. The van der Waals surface area contributed by atoms with E-state index < -0.39 is 0 Å². The molecule has 1 aromatic heterocycles. The number of carbonyl (C=O) groups is 1. The second kappa shape index (κ2) is 10.7. The van der Waals surface area contributed by atoms with Crippen molar-refractivity contribution in [2.75, 3.05) is 57.8 Å². The average Bonchev–Trinajstić information content (AvgIpc) is 3.49. The first-order chi connectivity index (χ1) is 18.1. The molecule has 0 radical (unpaired) electrons. The van der Waals surface area contributed by atoms with E-state index in [4.69, 9.17) is 14.5 Å². The van der Waals surface area contributed by atoms with Gasteiger partial charge >= 0.3 is 0 Å². The van der Waals surface area contributed by atoms with Crippen molar-refractivity contribution in [3.63, 3.8) is 0 Å². The van der Waals surface area contributed by atoms with Crippen LogP contribution in [-0.2, 0) is 9.53 Å². The smallest absolute Gasteiger partial charge is 0.251 e. The van der Waals surface area contributed by atoms with E-state index in [1.165, 1.54) is 21.9 Å². The SMILES string of the molecule is CN1CCN(c2nccc3cc(-c4ccc(OC5CCN(C(=O)[C@H]6CCCO6)CC5)cc4)ccc23)CC1. The molecule has 7 nitrogen and oxygen atoms in total. The summed E-state index contributed by atoms with van der Waals surface area (Å²) in [6, 6.07) is 17.2. The molecule has 1 amide bonds. The van der Waals surface area contributed by atoms with E-state index in [-0.39, 0.29) is 18.1 Å². The highest BCUT2D eigenvalue weighted by Gasteiger charge is 2.31. The number of nitrogens with zero attached hydrogens (tertiary/aromatic N) is 4. The van der Waals surface area contributed by atoms with Gasteiger partial charge in [-0.3, -0.25) is 4.79 Å². The van der Waals surface area contributed by atoms with Crippen LogP contribution in [0.1, 0.15) is 25.7 Å². The van der Waals surface area contributed by atoms with Gasteiger partial charge in [0.1, 0.15) is 23.8 Å². The Hall–Kier alpha value is -3.16. The Kier molecular flexibility index (Phi) is 6.98. The number of piperidine rings is 1. The van der Waals surface area contributed by atoms with Crippen molar-refractivity contribution in [3.05, 3.63) is 54.7 Å². The second-order valence-electron chi connectivity index (χ2n) is 10.5. The largest absolute Gasteiger partial charge is 0.490 e. The fraction of sp³-hybridized carbons (Fsp3) is 0.467. The highest BCUT2D eigenvalue weighted by atomic mass is 16.5. The minimum atomic E-state index is -0.227. The van der Waals surface area contributed by atoms with Crippen LogP contribution in [0.25, 0.3) is 21.9 Å². The van der Waals surface area contributed by atoms with Gasteiger partial charge in [-0.15, -0.1) is 0 Å². The van der Waals surface area contributed by atoms with Crippen LogP contribution in [0.5, 0.6) is 5.75 Å². The number of piperazine rings is 1. The van der Waals surface area contributed by atoms with E-state index in [1.54, 1.807) is 0 Å². The molecular weight excluding hydrogens is 464 g/mol. The van der Waals surface area contributed by atoms with Crippen molar-refractivity contribution in [3.8, 4) is 16.9 Å². The summed E-state index contributed by atoms with van der Waals surface area (Å²) in [6.07, 6.45) is 5.39. The van der Waals surface area contributed by atoms with Gasteiger partial charge in [-0.25, -0.2) is 4.98 Å². The zero-order chi connectivity index (χ0) is 25.2. The summed E-state index contributed by atoms with van der Waals surface area (Å²) >= 11 is 0. The van der Waals surface area contributed by atoms with Gasteiger partial charge in [0, 0.05) is 70.3 Å². The number of benzene rings is 2. The van der Waals surface area contributed by atoms with Crippen LogP contribution in [0.15, 0.2) is 54.7 Å². The second-order valence-corrected chi connectivity index (χ2v) is 10.5. The molecular formula is C30H36N4O3. The Morgan fingerprint density at radius 1 is 0.919 bits per heavy atom. The molecule has 3 aromatic rings. The molecule has 0 unspecified atom stereocenters. The molecule has 37 heavy (non-hydrogen) atoms. The van der Waals surface area contributed by atoms with Crippen LogP contribution in [0.2, 0.25) is 0 Å². The van der Waals surface area contributed by atoms with E-state index >= 15 is 0 Å². The number of pyridine rings is 1. The first-order valence-corrected chi connectivity index (χ1v) is 13.6. The summed E-state index contributed by atoms with van der Waals surface area (Å²) in [7, 11) is 2.18. The zero-order valence-corrected chi connectivity index (χ0v) is 21.6. The van der Waals surface area contributed by atoms with Crippen molar-refractivity contribution >= 4 is 22.5 Å². The van der Waals surface area contributed by atoms with E-state index in [0.717, 1.165) is 76.5 Å². The summed E-state index contributed by atoms with van der Waals surface area (Å²) in [4.78, 5) is 24.0. The predicted octanol–water partition coefficient (Wildman–Crippen LogP) is 4.20. The number of hydrogen-bond donors (Lipinski definition) is 0. The molecule has 3 aliphatic heterocycles. The highest BCUT2D eigenvalue weighted by Crippen LogP contribution is 2.31. The summed E-state index contributed by atoms with van der Waals surface area (Å²) in [5.74, 6) is 2.13. The Bertz CT molecular complexity index is 1230. The number of hydrogen-bond acceptors (Lipinski definition) is 6. The van der Waals surface area contributed by atoms with Gasteiger partial charge < -0.3 is 24.2 Å². The topological polar surface area (TPSA) is 58.1 Å². The summed E-state index contributed by atoms with van der Waals surface area (Å²) in [5, 5.41) is 2.42. The molecule has 0 spiro atoms. The van der Waals surface area contributed by atoms with Crippen LogP contribution in [0, 0.1) is 0 Å². The predicted molar refractivity (Wildman–Crippen MR) is 146 cm³/mol. The van der Waals surface area contributed by atoms with Crippen LogP contribution >= 0.6 is 0 Å². The molecule has 0 aliphatic carbocycles. The van der Waals surface area contributed by atoms with Gasteiger partial charge in [-0.05, 0) is 60.7 Å². The van der Waals surface area contributed by atoms with Crippen LogP contribution in [-0.4, -0.2) is 85.8 Å². The number of anilines is 1. The van der Waals surface area contributed by atoms with Gasteiger partial charge in [0.25, 0.3) is 5.91 Å². The number of aromatic nitrogens is 1. The van der Waals surface area contributed by atoms with Crippen molar-refractivity contribution in [1.82, 2.24) is 14.8 Å². The number of ether oxygens (including phenoxy) is 2. The molecule has 4 heterocycles. The van der Waals surface area contributed by atoms with Gasteiger partial charge in [0.2, 0.25) is 0 Å². The van der Waals surface area contributed by atoms with Crippen molar-refractivity contribution in [1.29, 1.82) is 0 Å². The monoisotopic (exact) mass is 500 g/mol. The molecule has 0 saturated carbocycles. The molecule has 0 N–H and O–H groups in total. The number of rotatable bonds is 5. The van der Waals surface area contributed by atoms with E-state index in [9.17, 15) is 4.79 Å². The Morgan fingerprint density at radius 3 is 2.41 bits per heavy atom. The molecule has 3 aliphatic rings. The highest BCUT2D eigenvalue weighted by molar-refractivity contribution is 5.95. The maximum Gasteiger partial charge on any atom is 0.251 e. The third kappa shape index (κ3) is 5.29.